The molecule has 0 saturated carbocycles. The van der Waals surface area contributed by atoms with Gasteiger partial charge in [-0.2, -0.15) is 0 Å². The van der Waals surface area contributed by atoms with Gasteiger partial charge in [0, 0.05) is 5.57 Å². The molecule has 144 valence electrons. The summed E-state index contributed by atoms with van der Waals surface area (Å²) >= 11 is 0. The number of ether oxygens (including phenoxy) is 3. The Morgan fingerprint density at radius 2 is 1.81 bits per heavy atom. The van der Waals surface area contributed by atoms with Crippen LogP contribution in [0, 0.1) is 0 Å². The van der Waals surface area contributed by atoms with Gasteiger partial charge in [-0.15, -0.1) is 0 Å². The van der Waals surface area contributed by atoms with Gasteiger partial charge in [0.1, 0.15) is 13.2 Å². The third-order valence-corrected chi connectivity index (χ3v) is 3.68. The molecule has 0 amide bonds. The zero-order valence-electron chi connectivity index (χ0n) is 16.5. The van der Waals surface area contributed by atoms with Crippen LogP contribution in [0.3, 0.4) is 0 Å². The van der Waals surface area contributed by atoms with Gasteiger partial charge in [-0.3, -0.25) is 0 Å². The first-order valence-electron chi connectivity index (χ1n) is 8.76. The lowest BCUT2D eigenvalue weighted by atomic mass is 10.2. The Morgan fingerprint density at radius 1 is 1.11 bits per heavy atom. The van der Waals surface area contributed by atoms with E-state index in [1.165, 1.54) is 7.11 Å². The topological polar surface area (TPSA) is 44.8 Å². The molecule has 0 fully saturated rings. The smallest absolute Gasteiger partial charge is 0.334 e. The van der Waals surface area contributed by atoms with Gasteiger partial charge in [0.05, 0.1) is 7.11 Å². The van der Waals surface area contributed by atoms with Crippen LogP contribution in [0.1, 0.15) is 26.3 Å². The Hall–Kier alpha value is -3.01. The van der Waals surface area contributed by atoms with E-state index in [0.717, 1.165) is 11.1 Å². The van der Waals surface area contributed by atoms with Crippen molar-refractivity contribution in [2.45, 2.75) is 27.4 Å². The molecular weight excluding hydrogens is 340 g/mol. The van der Waals surface area contributed by atoms with Crippen LogP contribution in [0.15, 0.2) is 90.0 Å². The van der Waals surface area contributed by atoms with Gasteiger partial charge in [-0.25, -0.2) is 4.79 Å². The van der Waals surface area contributed by atoms with Crippen molar-refractivity contribution in [1.29, 1.82) is 0 Å². The summed E-state index contributed by atoms with van der Waals surface area (Å²) in [6.45, 7) is 9.78. The van der Waals surface area contributed by atoms with E-state index in [1.807, 2.05) is 62.4 Å². The molecule has 4 nitrogen and oxygen atoms in total. The predicted molar refractivity (Wildman–Crippen MR) is 109 cm³/mol. The minimum atomic E-state index is -0.417. The Morgan fingerprint density at radius 3 is 2.37 bits per heavy atom. The highest BCUT2D eigenvalue weighted by molar-refractivity contribution is 5.88. The summed E-state index contributed by atoms with van der Waals surface area (Å²) in [5.74, 6) is 0.450. The molecule has 0 aliphatic rings. The Labute approximate surface area is 162 Å². The second-order valence-electron chi connectivity index (χ2n) is 5.68. The minimum Gasteiger partial charge on any atom is -0.493 e. The average molecular weight is 368 g/mol. The lowest BCUT2D eigenvalue weighted by Gasteiger charge is -2.12. The molecule has 1 aromatic carbocycles. The Kier molecular flexibility index (Phi) is 10.1. The van der Waals surface area contributed by atoms with E-state index in [2.05, 4.69) is 6.58 Å². The first-order chi connectivity index (χ1) is 13.0. The van der Waals surface area contributed by atoms with Crippen molar-refractivity contribution in [1.82, 2.24) is 0 Å². The lowest BCUT2D eigenvalue weighted by Crippen LogP contribution is -2.09. The molecule has 0 spiro atoms. The van der Waals surface area contributed by atoms with Crippen LogP contribution in [-0.2, 0) is 25.6 Å². The zero-order valence-corrected chi connectivity index (χ0v) is 16.5. The highest BCUT2D eigenvalue weighted by Crippen LogP contribution is 2.16. The fourth-order valence-electron chi connectivity index (χ4n) is 2.16. The number of carbonyl (C=O) groups is 1. The van der Waals surface area contributed by atoms with Crippen molar-refractivity contribution < 1.29 is 19.0 Å². The van der Waals surface area contributed by atoms with Crippen LogP contribution in [0.4, 0.5) is 0 Å². The maximum absolute atomic E-state index is 12.3. The summed E-state index contributed by atoms with van der Waals surface area (Å²) in [6.07, 6.45) is 8.86. The van der Waals surface area contributed by atoms with Crippen LogP contribution in [0.5, 0.6) is 0 Å². The molecule has 1 rings (SSSR count). The van der Waals surface area contributed by atoms with Crippen LogP contribution >= 0.6 is 0 Å². The number of esters is 1. The lowest BCUT2D eigenvalue weighted by molar-refractivity contribution is -0.137. The highest BCUT2D eigenvalue weighted by atomic mass is 16.5. The maximum atomic E-state index is 12.3. The van der Waals surface area contributed by atoms with Gasteiger partial charge in [0.25, 0.3) is 0 Å². The van der Waals surface area contributed by atoms with Crippen LogP contribution < -0.4 is 0 Å². The zero-order chi connectivity index (χ0) is 20.1. The molecule has 0 N–H and O–H groups in total. The number of hydrogen-bond donors (Lipinski definition) is 0. The maximum Gasteiger partial charge on any atom is 0.334 e. The van der Waals surface area contributed by atoms with Crippen molar-refractivity contribution in [2.24, 2.45) is 0 Å². The van der Waals surface area contributed by atoms with Crippen molar-refractivity contribution >= 4 is 5.97 Å². The van der Waals surface area contributed by atoms with E-state index < -0.39 is 5.97 Å². The summed E-state index contributed by atoms with van der Waals surface area (Å²) in [4.78, 5) is 12.3. The third-order valence-electron chi connectivity index (χ3n) is 3.68. The SMILES string of the molecule is C=CC(OC)=C(C=C(C)C(=O)OCC(C=CC)=CC)OCc1ccccc1. The van der Waals surface area contributed by atoms with Crippen molar-refractivity contribution in [3.8, 4) is 0 Å². The summed E-state index contributed by atoms with van der Waals surface area (Å²) in [5, 5.41) is 0. The monoisotopic (exact) mass is 368 g/mol. The number of allylic oxidation sites excluding steroid dienone is 4. The summed E-state index contributed by atoms with van der Waals surface area (Å²) in [5.41, 5.74) is 2.34. The summed E-state index contributed by atoms with van der Waals surface area (Å²) in [7, 11) is 1.53. The molecule has 0 radical (unpaired) electrons. The first kappa shape index (κ1) is 22.0. The largest absolute Gasteiger partial charge is 0.493 e. The first-order valence-corrected chi connectivity index (χ1v) is 8.76. The standard InChI is InChI=1S/C23H28O4/c1-6-12-19(7-2)16-27-23(24)18(4)15-22(21(8-3)25-5)26-17-20-13-10-9-11-14-20/h6-15H,3,16-17H2,1-2,4-5H3. The van der Waals surface area contributed by atoms with Gasteiger partial charge in [0.15, 0.2) is 11.5 Å². The van der Waals surface area contributed by atoms with Gasteiger partial charge in [-0.05, 0) is 44.1 Å². The molecule has 0 aliphatic carbocycles. The second kappa shape index (κ2) is 12.4. The Balaban J connectivity index is 2.90. The van der Waals surface area contributed by atoms with Gasteiger partial charge >= 0.3 is 5.97 Å². The van der Waals surface area contributed by atoms with E-state index in [9.17, 15) is 4.79 Å². The fraction of sp³-hybridized carbons (Fsp3) is 0.261. The predicted octanol–water partition coefficient (Wildman–Crippen LogP) is 5.26. The van der Waals surface area contributed by atoms with E-state index in [1.54, 1.807) is 19.1 Å². The van der Waals surface area contributed by atoms with E-state index in [-0.39, 0.29) is 6.61 Å². The normalized spacial score (nSPS) is 13.2. The minimum absolute atomic E-state index is 0.216. The molecule has 0 aromatic heterocycles. The van der Waals surface area contributed by atoms with Crippen LogP contribution in [0.2, 0.25) is 0 Å². The molecular formula is C23H28O4. The molecule has 1 aromatic rings. The number of methoxy groups -OCH3 is 1. The fourth-order valence-corrected chi connectivity index (χ4v) is 2.16. The molecule has 4 heteroatoms. The molecule has 27 heavy (non-hydrogen) atoms. The molecule has 0 unspecified atom stereocenters. The number of carbonyl (C=O) groups excluding carboxylic acids is 1. The second-order valence-corrected chi connectivity index (χ2v) is 5.68. The van der Waals surface area contributed by atoms with Gasteiger partial charge in [0.2, 0.25) is 0 Å². The van der Waals surface area contributed by atoms with Crippen molar-refractivity contribution in [2.75, 3.05) is 13.7 Å². The van der Waals surface area contributed by atoms with Crippen LogP contribution in [0.25, 0.3) is 0 Å². The summed E-state index contributed by atoms with van der Waals surface area (Å²) < 4.78 is 16.5. The molecule has 0 bridgehead atoms. The summed E-state index contributed by atoms with van der Waals surface area (Å²) in [6, 6.07) is 9.74. The van der Waals surface area contributed by atoms with E-state index in [4.69, 9.17) is 14.2 Å². The van der Waals surface area contributed by atoms with E-state index >= 15 is 0 Å². The Bertz CT molecular complexity index is 737. The highest BCUT2D eigenvalue weighted by Gasteiger charge is 2.11. The molecule has 0 aliphatic heterocycles. The quantitative estimate of drug-likeness (QED) is 0.245. The number of benzene rings is 1. The van der Waals surface area contributed by atoms with Crippen LogP contribution in [-0.4, -0.2) is 19.7 Å². The van der Waals surface area contributed by atoms with Crippen molar-refractivity contribution in [3.63, 3.8) is 0 Å². The molecule has 0 heterocycles. The van der Waals surface area contributed by atoms with E-state index in [0.29, 0.717) is 23.7 Å². The number of hydrogen-bond acceptors (Lipinski definition) is 4. The molecule has 0 saturated heterocycles. The third kappa shape index (κ3) is 7.82. The average Bonchev–Trinajstić information content (AvgIpc) is 2.70. The molecule has 0 atom stereocenters. The van der Waals surface area contributed by atoms with Gasteiger partial charge in [-0.1, -0.05) is 55.1 Å². The number of rotatable bonds is 10. The van der Waals surface area contributed by atoms with Gasteiger partial charge < -0.3 is 14.2 Å². The van der Waals surface area contributed by atoms with Crippen molar-refractivity contribution in [3.05, 3.63) is 95.5 Å².